The maximum absolute atomic E-state index is 13.2. The quantitative estimate of drug-likeness (QED) is 0.793. The molecule has 3 unspecified atom stereocenters. The average Bonchev–Trinajstić information content (AvgIpc) is 3.26. The molecule has 30 heavy (non-hydrogen) atoms. The van der Waals surface area contributed by atoms with Gasteiger partial charge < -0.3 is 15.1 Å². The first-order valence-electron chi connectivity index (χ1n) is 10.5. The molecule has 8 heteroatoms. The van der Waals surface area contributed by atoms with E-state index in [1.54, 1.807) is 10.9 Å². The lowest BCUT2D eigenvalue weighted by molar-refractivity contribution is 0.0727. The van der Waals surface area contributed by atoms with Gasteiger partial charge in [0.2, 0.25) is 0 Å². The molecule has 1 aromatic carbocycles. The molecule has 1 saturated carbocycles. The predicted molar refractivity (Wildman–Crippen MR) is 117 cm³/mol. The molecule has 1 aliphatic heterocycles. The van der Waals surface area contributed by atoms with E-state index in [0.717, 1.165) is 31.5 Å². The number of halogens is 1. The highest BCUT2D eigenvalue weighted by Crippen LogP contribution is 2.37. The molecule has 0 spiro atoms. The van der Waals surface area contributed by atoms with Crippen molar-refractivity contribution in [1.29, 1.82) is 0 Å². The van der Waals surface area contributed by atoms with Gasteiger partial charge in [-0.3, -0.25) is 14.3 Å². The Labute approximate surface area is 182 Å². The number of hydrogen-bond donors (Lipinski definition) is 1. The maximum atomic E-state index is 13.2. The standard InChI is InChI=1S/C22H28ClN5O2/c1-4-27-13-19(23)20(25-27)21(29)24-16-8-14-9-18(11-16)28(12-14)22(30)15-6-5-7-17(10-15)26(2)3/h5-7,10,13-14,16,18H,4,8-9,11-12H2,1-3H3,(H,24,29). The Bertz CT molecular complexity index is 957. The Kier molecular flexibility index (Phi) is 5.73. The molecule has 2 fully saturated rings. The minimum Gasteiger partial charge on any atom is -0.378 e. The molecule has 3 atom stereocenters. The van der Waals surface area contributed by atoms with Crippen LogP contribution >= 0.6 is 11.6 Å². The second-order valence-corrected chi connectivity index (χ2v) is 8.89. The Morgan fingerprint density at radius 1 is 1.27 bits per heavy atom. The highest BCUT2D eigenvalue weighted by molar-refractivity contribution is 6.33. The lowest BCUT2D eigenvalue weighted by Gasteiger charge is -2.30. The molecule has 2 aromatic rings. The lowest BCUT2D eigenvalue weighted by atomic mass is 9.86. The molecule has 0 radical (unpaired) electrons. The van der Waals surface area contributed by atoms with Gasteiger partial charge in [-0.15, -0.1) is 0 Å². The lowest BCUT2D eigenvalue weighted by Crippen LogP contribution is -2.43. The van der Waals surface area contributed by atoms with Gasteiger partial charge in [-0.25, -0.2) is 0 Å². The van der Waals surface area contributed by atoms with E-state index in [1.165, 1.54) is 0 Å². The van der Waals surface area contributed by atoms with Crippen LogP contribution in [0, 0.1) is 5.92 Å². The topological polar surface area (TPSA) is 70.5 Å². The summed E-state index contributed by atoms with van der Waals surface area (Å²) in [6.07, 6.45) is 4.29. The molecule has 160 valence electrons. The van der Waals surface area contributed by atoms with Gasteiger partial charge >= 0.3 is 0 Å². The number of anilines is 1. The molecule has 2 amide bonds. The molecule has 4 rings (SSSR count). The number of aryl methyl sites for hydroxylation is 1. The zero-order chi connectivity index (χ0) is 21.4. The molecule has 7 nitrogen and oxygen atoms in total. The van der Waals surface area contributed by atoms with Crippen LogP contribution in [0.25, 0.3) is 0 Å². The molecule has 1 N–H and O–H groups in total. The zero-order valence-corrected chi connectivity index (χ0v) is 18.4. The SMILES string of the molecule is CCn1cc(Cl)c(C(=O)NC2CC3CC(C2)N(C(=O)c2cccc(N(C)C)c2)C3)n1. The van der Waals surface area contributed by atoms with E-state index in [1.807, 2.05) is 55.1 Å². The highest BCUT2D eigenvalue weighted by atomic mass is 35.5. The number of amides is 2. The number of rotatable bonds is 5. The van der Waals surface area contributed by atoms with Gasteiger partial charge in [0.15, 0.2) is 5.69 Å². The van der Waals surface area contributed by atoms with Gasteiger partial charge in [-0.2, -0.15) is 5.10 Å². The summed E-state index contributed by atoms with van der Waals surface area (Å²) >= 11 is 6.17. The Hall–Kier alpha value is -2.54. The van der Waals surface area contributed by atoms with E-state index in [2.05, 4.69) is 10.4 Å². The van der Waals surface area contributed by atoms with Crippen LogP contribution in [0.4, 0.5) is 5.69 Å². The summed E-state index contributed by atoms with van der Waals surface area (Å²) in [7, 11) is 3.94. The number of nitrogens with one attached hydrogen (secondary N) is 1. The third-order valence-electron chi connectivity index (χ3n) is 6.14. The van der Waals surface area contributed by atoms with Crippen molar-refractivity contribution in [3.63, 3.8) is 0 Å². The number of nitrogens with zero attached hydrogens (tertiary/aromatic N) is 4. The van der Waals surface area contributed by atoms with Crippen molar-refractivity contribution in [2.45, 2.75) is 44.8 Å². The molecule has 1 aliphatic carbocycles. The van der Waals surface area contributed by atoms with Crippen LogP contribution in [0.3, 0.4) is 0 Å². The van der Waals surface area contributed by atoms with Crippen molar-refractivity contribution in [2.75, 3.05) is 25.5 Å². The van der Waals surface area contributed by atoms with Gasteiger partial charge in [0, 0.05) is 56.7 Å². The van der Waals surface area contributed by atoms with Crippen molar-refractivity contribution < 1.29 is 9.59 Å². The fourth-order valence-corrected chi connectivity index (χ4v) is 4.89. The summed E-state index contributed by atoms with van der Waals surface area (Å²) in [4.78, 5) is 29.8. The van der Waals surface area contributed by atoms with Crippen LogP contribution in [0.2, 0.25) is 5.02 Å². The normalized spacial score (nSPS) is 22.8. The van der Waals surface area contributed by atoms with Crippen LogP contribution in [-0.4, -0.2) is 59.2 Å². The van der Waals surface area contributed by atoms with Crippen molar-refractivity contribution >= 4 is 29.1 Å². The third kappa shape index (κ3) is 4.03. The van der Waals surface area contributed by atoms with E-state index in [4.69, 9.17) is 11.6 Å². The van der Waals surface area contributed by atoms with E-state index < -0.39 is 0 Å². The number of hydrogen-bond acceptors (Lipinski definition) is 4. The molecular weight excluding hydrogens is 402 g/mol. The van der Waals surface area contributed by atoms with Crippen molar-refractivity contribution in [1.82, 2.24) is 20.0 Å². The molecule has 2 aliphatic rings. The van der Waals surface area contributed by atoms with Crippen molar-refractivity contribution in [3.05, 3.63) is 46.7 Å². The second-order valence-electron chi connectivity index (χ2n) is 8.48. The number of likely N-dealkylation sites (tertiary alicyclic amines) is 1. The van der Waals surface area contributed by atoms with Gasteiger partial charge in [-0.1, -0.05) is 17.7 Å². The fourth-order valence-electron chi connectivity index (χ4n) is 4.65. The average molecular weight is 430 g/mol. The Morgan fingerprint density at radius 2 is 2.07 bits per heavy atom. The second kappa shape index (κ2) is 8.30. The maximum Gasteiger partial charge on any atom is 0.273 e. The number of carbonyl (C=O) groups is 2. The first kappa shape index (κ1) is 20.7. The minimum absolute atomic E-state index is 0.0232. The third-order valence-corrected chi connectivity index (χ3v) is 6.41. The largest absolute Gasteiger partial charge is 0.378 e. The van der Waals surface area contributed by atoms with E-state index >= 15 is 0 Å². The Balaban J connectivity index is 1.43. The van der Waals surface area contributed by atoms with E-state index in [0.29, 0.717) is 23.0 Å². The smallest absolute Gasteiger partial charge is 0.273 e. The molecule has 2 heterocycles. The summed E-state index contributed by atoms with van der Waals surface area (Å²) in [5.41, 5.74) is 1.99. The molecule has 1 saturated heterocycles. The van der Waals surface area contributed by atoms with Gasteiger partial charge in [0.25, 0.3) is 11.8 Å². The zero-order valence-electron chi connectivity index (χ0n) is 17.6. The number of carbonyl (C=O) groups excluding carboxylic acids is 2. The van der Waals surface area contributed by atoms with Crippen LogP contribution < -0.4 is 10.2 Å². The first-order valence-corrected chi connectivity index (χ1v) is 10.9. The van der Waals surface area contributed by atoms with Gasteiger partial charge in [-0.05, 0) is 50.3 Å². The van der Waals surface area contributed by atoms with Crippen LogP contribution in [-0.2, 0) is 6.54 Å². The highest BCUT2D eigenvalue weighted by Gasteiger charge is 2.42. The van der Waals surface area contributed by atoms with Crippen molar-refractivity contribution in [3.8, 4) is 0 Å². The summed E-state index contributed by atoms with van der Waals surface area (Å²) in [5.74, 6) is 0.233. The molecular formula is C22H28ClN5O2. The van der Waals surface area contributed by atoms with Crippen LogP contribution in [0.5, 0.6) is 0 Å². The van der Waals surface area contributed by atoms with Crippen molar-refractivity contribution in [2.24, 2.45) is 5.92 Å². The molecule has 1 aromatic heterocycles. The summed E-state index contributed by atoms with van der Waals surface area (Å²) < 4.78 is 1.66. The fraction of sp³-hybridized carbons (Fsp3) is 0.500. The van der Waals surface area contributed by atoms with E-state index in [9.17, 15) is 9.59 Å². The monoisotopic (exact) mass is 429 g/mol. The van der Waals surface area contributed by atoms with Gasteiger partial charge in [0.1, 0.15) is 0 Å². The predicted octanol–water partition coefficient (Wildman–Crippen LogP) is 3.05. The number of aromatic nitrogens is 2. The van der Waals surface area contributed by atoms with E-state index in [-0.39, 0.29) is 29.6 Å². The van der Waals surface area contributed by atoms with Gasteiger partial charge in [0.05, 0.1) is 5.02 Å². The minimum atomic E-state index is -0.241. The van der Waals surface area contributed by atoms with Crippen LogP contribution in [0.1, 0.15) is 47.0 Å². The van der Waals surface area contributed by atoms with Crippen LogP contribution in [0.15, 0.2) is 30.5 Å². The Morgan fingerprint density at radius 3 is 2.77 bits per heavy atom. The summed E-state index contributed by atoms with van der Waals surface area (Å²) in [6.45, 7) is 3.35. The summed E-state index contributed by atoms with van der Waals surface area (Å²) in [5, 5.41) is 7.72. The first-order chi connectivity index (χ1) is 14.4. The number of benzene rings is 1. The number of fused-ring (bicyclic) bond motifs is 2. The molecule has 2 bridgehead atoms. The summed E-state index contributed by atoms with van der Waals surface area (Å²) in [6, 6.07) is 7.91.